The van der Waals surface area contributed by atoms with Crippen molar-refractivity contribution in [3.05, 3.63) is 0 Å². The fourth-order valence-corrected chi connectivity index (χ4v) is 2.60. The van der Waals surface area contributed by atoms with Gasteiger partial charge in [0.05, 0.1) is 6.42 Å². The first-order chi connectivity index (χ1) is 7.97. The van der Waals surface area contributed by atoms with Crippen molar-refractivity contribution in [3.63, 3.8) is 0 Å². The van der Waals surface area contributed by atoms with Gasteiger partial charge in [-0.05, 0) is 31.2 Å². The molecule has 1 fully saturated rings. The number of halogens is 3. The molecule has 0 saturated carbocycles. The predicted octanol–water partition coefficient (Wildman–Crippen LogP) is 2.70. The minimum absolute atomic E-state index is 0.0367. The Morgan fingerprint density at radius 3 is 2.65 bits per heavy atom. The molecule has 1 heterocycles. The van der Waals surface area contributed by atoms with Crippen molar-refractivity contribution in [2.24, 2.45) is 5.41 Å². The van der Waals surface area contributed by atoms with Crippen LogP contribution in [0.4, 0.5) is 13.2 Å². The van der Waals surface area contributed by atoms with E-state index in [1.54, 1.807) is 0 Å². The van der Waals surface area contributed by atoms with Gasteiger partial charge in [0, 0.05) is 19.6 Å². The second kappa shape index (κ2) is 6.59. The van der Waals surface area contributed by atoms with E-state index in [2.05, 4.69) is 17.6 Å². The molecule has 1 rings (SSSR count). The average Bonchev–Trinajstić information content (AvgIpc) is 2.25. The van der Waals surface area contributed by atoms with E-state index in [9.17, 15) is 13.2 Å². The molecule has 1 saturated heterocycles. The van der Waals surface area contributed by atoms with Crippen LogP contribution in [-0.2, 0) is 0 Å². The van der Waals surface area contributed by atoms with Crippen molar-refractivity contribution >= 4 is 0 Å². The highest BCUT2D eigenvalue weighted by Crippen LogP contribution is 2.30. The quantitative estimate of drug-likeness (QED) is 0.710. The minimum Gasteiger partial charge on any atom is -0.316 e. The van der Waals surface area contributed by atoms with E-state index in [0.717, 1.165) is 38.8 Å². The third-order valence-corrected chi connectivity index (χ3v) is 3.43. The first-order valence-electron chi connectivity index (χ1n) is 6.46. The van der Waals surface area contributed by atoms with E-state index in [1.807, 2.05) is 0 Å². The standard InChI is InChI=1S/C12H23F3N2/c1-2-4-11(5-3-7-16-9-11)10-17-8-6-12(13,14)15/h16-17H,2-10H2,1H3. The third-order valence-electron chi connectivity index (χ3n) is 3.43. The molecule has 5 heteroatoms. The second-order valence-corrected chi connectivity index (χ2v) is 5.07. The molecular formula is C12H23F3N2. The lowest BCUT2D eigenvalue weighted by Gasteiger charge is -2.38. The Kier molecular flexibility index (Phi) is 5.73. The summed E-state index contributed by atoms with van der Waals surface area (Å²) in [6.07, 6.45) is -0.367. The summed E-state index contributed by atoms with van der Waals surface area (Å²) in [7, 11) is 0. The molecule has 102 valence electrons. The predicted molar refractivity (Wildman–Crippen MR) is 63.0 cm³/mol. The monoisotopic (exact) mass is 252 g/mol. The largest absolute Gasteiger partial charge is 0.390 e. The zero-order valence-electron chi connectivity index (χ0n) is 10.5. The summed E-state index contributed by atoms with van der Waals surface area (Å²) < 4.78 is 36.0. The Bertz CT molecular complexity index is 205. The molecule has 1 atom stereocenters. The van der Waals surface area contributed by atoms with Gasteiger partial charge < -0.3 is 10.6 Å². The summed E-state index contributed by atoms with van der Waals surface area (Å²) in [5.74, 6) is 0. The molecule has 2 N–H and O–H groups in total. The normalized spacial score (nSPS) is 26.1. The van der Waals surface area contributed by atoms with E-state index in [1.165, 1.54) is 0 Å². The third kappa shape index (κ3) is 5.73. The van der Waals surface area contributed by atoms with Crippen molar-refractivity contribution in [2.75, 3.05) is 26.2 Å². The molecule has 2 nitrogen and oxygen atoms in total. The molecule has 1 aliphatic rings. The van der Waals surface area contributed by atoms with Gasteiger partial charge in [-0.25, -0.2) is 0 Å². The highest BCUT2D eigenvalue weighted by atomic mass is 19.4. The molecule has 0 bridgehead atoms. The highest BCUT2D eigenvalue weighted by molar-refractivity contribution is 4.87. The van der Waals surface area contributed by atoms with Crippen LogP contribution in [0.25, 0.3) is 0 Å². The van der Waals surface area contributed by atoms with Gasteiger partial charge in [-0.2, -0.15) is 13.2 Å². The zero-order chi connectivity index (χ0) is 12.8. The van der Waals surface area contributed by atoms with Gasteiger partial charge in [0.1, 0.15) is 0 Å². The number of piperidine rings is 1. The van der Waals surface area contributed by atoms with Crippen molar-refractivity contribution in [2.45, 2.75) is 45.2 Å². The van der Waals surface area contributed by atoms with Crippen LogP contribution in [0.2, 0.25) is 0 Å². The molecule has 1 unspecified atom stereocenters. The summed E-state index contributed by atoms with van der Waals surface area (Å²) in [6, 6.07) is 0. The van der Waals surface area contributed by atoms with Crippen LogP contribution in [0.15, 0.2) is 0 Å². The summed E-state index contributed by atoms with van der Waals surface area (Å²) in [4.78, 5) is 0. The summed E-state index contributed by atoms with van der Waals surface area (Å²) in [5.41, 5.74) is 0.165. The van der Waals surface area contributed by atoms with Gasteiger partial charge in [-0.3, -0.25) is 0 Å². The fourth-order valence-electron chi connectivity index (χ4n) is 2.60. The molecule has 0 aliphatic carbocycles. The Morgan fingerprint density at radius 2 is 2.12 bits per heavy atom. The van der Waals surface area contributed by atoms with E-state index in [4.69, 9.17) is 0 Å². The van der Waals surface area contributed by atoms with Gasteiger partial charge in [0.25, 0.3) is 0 Å². The number of rotatable bonds is 6. The number of hydrogen-bond acceptors (Lipinski definition) is 2. The average molecular weight is 252 g/mol. The highest BCUT2D eigenvalue weighted by Gasteiger charge is 2.31. The van der Waals surface area contributed by atoms with Crippen LogP contribution < -0.4 is 10.6 Å². The molecule has 0 spiro atoms. The maximum Gasteiger partial charge on any atom is 0.390 e. The topological polar surface area (TPSA) is 24.1 Å². The lowest BCUT2D eigenvalue weighted by atomic mass is 9.77. The second-order valence-electron chi connectivity index (χ2n) is 5.07. The van der Waals surface area contributed by atoms with Crippen LogP contribution in [0, 0.1) is 5.41 Å². The Balaban J connectivity index is 2.29. The van der Waals surface area contributed by atoms with E-state index >= 15 is 0 Å². The SMILES string of the molecule is CCCC1(CNCCC(F)(F)F)CCCNC1. The summed E-state index contributed by atoms with van der Waals surface area (Å²) in [6.45, 7) is 4.83. The number of nitrogens with one attached hydrogen (secondary N) is 2. The first-order valence-corrected chi connectivity index (χ1v) is 6.46. The van der Waals surface area contributed by atoms with Crippen LogP contribution in [-0.4, -0.2) is 32.4 Å². The lowest BCUT2D eigenvalue weighted by Crippen LogP contribution is -2.46. The van der Waals surface area contributed by atoms with Crippen molar-refractivity contribution in [1.82, 2.24) is 10.6 Å². The first kappa shape index (κ1) is 14.8. The van der Waals surface area contributed by atoms with E-state index in [-0.39, 0.29) is 12.0 Å². The Labute approximate surface area is 101 Å². The molecular weight excluding hydrogens is 229 g/mol. The Morgan fingerprint density at radius 1 is 1.35 bits per heavy atom. The fraction of sp³-hybridized carbons (Fsp3) is 1.00. The maximum absolute atomic E-state index is 12.0. The zero-order valence-corrected chi connectivity index (χ0v) is 10.5. The van der Waals surface area contributed by atoms with Gasteiger partial charge in [0.15, 0.2) is 0 Å². The smallest absolute Gasteiger partial charge is 0.316 e. The molecule has 0 aromatic carbocycles. The van der Waals surface area contributed by atoms with E-state index < -0.39 is 12.6 Å². The van der Waals surface area contributed by atoms with Gasteiger partial charge in [-0.15, -0.1) is 0 Å². The van der Waals surface area contributed by atoms with Crippen molar-refractivity contribution < 1.29 is 13.2 Å². The van der Waals surface area contributed by atoms with Crippen LogP contribution >= 0.6 is 0 Å². The van der Waals surface area contributed by atoms with Crippen molar-refractivity contribution in [3.8, 4) is 0 Å². The molecule has 17 heavy (non-hydrogen) atoms. The molecule has 0 aromatic heterocycles. The minimum atomic E-state index is -4.05. The number of alkyl halides is 3. The Hall–Kier alpha value is -0.290. The van der Waals surface area contributed by atoms with Crippen molar-refractivity contribution in [1.29, 1.82) is 0 Å². The maximum atomic E-state index is 12.0. The van der Waals surface area contributed by atoms with Crippen LogP contribution in [0.3, 0.4) is 0 Å². The van der Waals surface area contributed by atoms with Crippen LogP contribution in [0.5, 0.6) is 0 Å². The molecule has 1 aliphatic heterocycles. The summed E-state index contributed by atoms with van der Waals surface area (Å²) in [5, 5.41) is 6.33. The lowest BCUT2D eigenvalue weighted by molar-refractivity contribution is -0.133. The van der Waals surface area contributed by atoms with Gasteiger partial charge >= 0.3 is 6.18 Å². The molecule has 0 amide bonds. The van der Waals surface area contributed by atoms with Gasteiger partial charge in [-0.1, -0.05) is 13.3 Å². The van der Waals surface area contributed by atoms with Gasteiger partial charge in [0.2, 0.25) is 0 Å². The summed E-state index contributed by atoms with van der Waals surface area (Å²) >= 11 is 0. The van der Waals surface area contributed by atoms with Crippen LogP contribution in [0.1, 0.15) is 39.0 Å². The number of hydrogen-bond donors (Lipinski definition) is 2. The molecule has 0 aromatic rings. The molecule has 0 radical (unpaired) electrons. The van der Waals surface area contributed by atoms with E-state index in [0.29, 0.717) is 6.54 Å².